The Labute approximate surface area is 120 Å². The lowest BCUT2D eigenvalue weighted by Gasteiger charge is -2.10. The van der Waals surface area contributed by atoms with Crippen molar-refractivity contribution in [3.8, 4) is 11.1 Å². The SMILES string of the molecule is COC(=O)c1ccccc1-c1ccc(CC(F)(F)F)cc1. The fraction of sp³-hybridized carbons (Fsp3) is 0.188. The van der Waals surface area contributed by atoms with Crippen LogP contribution in [0.15, 0.2) is 48.5 Å². The van der Waals surface area contributed by atoms with Crippen LogP contribution in [-0.2, 0) is 11.2 Å². The zero-order valence-electron chi connectivity index (χ0n) is 11.3. The molecule has 21 heavy (non-hydrogen) atoms. The number of rotatable bonds is 3. The number of hydrogen-bond acceptors (Lipinski definition) is 2. The van der Waals surface area contributed by atoms with Gasteiger partial charge in [-0.2, -0.15) is 13.2 Å². The summed E-state index contributed by atoms with van der Waals surface area (Å²) in [4.78, 5) is 11.7. The van der Waals surface area contributed by atoms with E-state index in [9.17, 15) is 18.0 Å². The van der Waals surface area contributed by atoms with Gasteiger partial charge in [0.1, 0.15) is 0 Å². The number of methoxy groups -OCH3 is 1. The van der Waals surface area contributed by atoms with Gasteiger partial charge >= 0.3 is 12.1 Å². The lowest BCUT2D eigenvalue weighted by Crippen LogP contribution is -2.11. The molecule has 0 fully saturated rings. The Kier molecular flexibility index (Phi) is 4.31. The Morgan fingerprint density at radius 2 is 1.67 bits per heavy atom. The number of alkyl halides is 3. The summed E-state index contributed by atoms with van der Waals surface area (Å²) in [7, 11) is 1.28. The third-order valence-corrected chi connectivity index (χ3v) is 3.00. The first-order valence-electron chi connectivity index (χ1n) is 6.24. The van der Waals surface area contributed by atoms with Crippen molar-refractivity contribution in [2.45, 2.75) is 12.6 Å². The molecule has 0 aromatic heterocycles. The van der Waals surface area contributed by atoms with Gasteiger partial charge in [0.25, 0.3) is 0 Å². The summed E-state index contributed by atoms with van der Waals surface area (Å²) in [5.74, 6) is -0.482. The zero-order chi connectivity index (χ0) is 15.5. The van der Waals surface area contributed by atoms with Gasteiger partial charge in [-0.3, -0.25) is 0 Å². The summed E-state index contributed by atoms with van der Waals surface area (Å²) in [5.41, 5.74) is 1.86. The third-order valence-electron chi connectivity index (χ3n) is 3.00. The molecule has 2 rings (SSSR count). The first-order valence-corrected chi connectivity index (χ1v) is 6.24. The van der Waals surface area contributed by atoms with Gasteiger partial charge in [0.15, 0.2) is 0 Å². The molecule has 0 saturated carbocycles. The molecule has 5 heteroatoms. The molecule has 0 spiro atoms. The minimum absolute atomic E-state index is 0.182. The molecule has 0 radical (unpaired) electrons. The van der Waals surface area contributed by atoms with E-state index in [0.29, 0.717) is 16.7 Å². The van der Waals surface area contributed by atoms with Gasteiger partial charge in [-0.1, -0.05) is 42.5 Å². The molecule has 110 valence electrons. The molecule has 0 amide bonds. The largest absolute Gasteiger partial charge is 0.465 e. The van der Waals surface area contributed by atoms with Gasteiger partial charge in [0, 0.05) is 0 Å². The standard InChI is InChI=1S/C16H13F3O2/c1-21-15(20)14-5-3-2-4-13(14)12-8-6-11(7-9-12)10-16(17,18)19/h2-9H,10H2,1H3. The maximum Gasteiger partial charge on any atom is 0.393 e. The lowest BCUT2D eigenvalue weighted by molar-refractivity contribution is -0.127. The number of hydrogen-bond donors (Lipinski definition) is 0. The van der Waals surface area contributed by atoms with Crippen LogP contribution in [-0.4, -0.2) is 19.3 Å². The van der Waals surface area contributed by atoms with Gasteiger partial charge in [0.05, 0.1) is 19.1 Å². The van der Waals surface area contributed by atoms with Crippen molar-refractivity contribution < 1.29 is 22.7 Å². The molecule has 2 aromatic carbocycles. The highest BCUT2D eigenvalue weighted by molar-refractivity contribution is 5.97. The Bertz CT molecular complexity index is 631. The van der Waals surface area contributed by atoms with E-state index in [1.54, 1.807) is 36.4 Å². The van der Waals surface area contributed by atoms with Crippen LogP contribution < -0.4 is 0 Å². The molecule has 0 N–H and O–H groups in total. The number of ether oxygens (including phenoxy) is 1. The van der Waals surface area contributed by atoms with Crippen LogP contribution in [0.5, 0.6) is 0 Å². The van der Waals surface area contributed by atoms with E-state index in [1.807, 2.05) is 0 Å². The summed E-state index contributed by atoms with van der Waals surface area (Å²) in [6.45, 7) is 0. The van der Waals surface area contributed by atoms with Crippen LogP contribution in [0.2, 0.25) is 0 Å². The maximum atomic E-state index is 12.3. The van der Waals surface area contributed by atoms with Crippen LogP contribution in [0.4, 0.5) is 13.2 Å². The zero-order valence-corrected chi connectivity index (χ0v) is 11.3. The second kappa shape index (κ2) is 5.99. The van der Waals surface area contributed by atoms with Crippen LogP contribution >= 0.6 is 0 Å². The fourth-order valence-corrected chi connectivity index (χ4v) is 2.06. The summed E-state index contributed by atoms with van der Waals surface area (Å²) in [6.07, 6.45) is -5.20. The summed E-state index contributed by atoms with van der Waals surface area (Å²) < 4.78 is 41.7. The third kappa shape index (κ3) is 3.84. The lowest BCUT2D eigenvalue weighted by atomic mass is 9.98. The monoisotopic (exact) mass is 294 g/mol. The molecule has 0 saturated heterocycles. The Morgan fingerprint density at radius 3 is 2.24 bits per heavy atom. The number of carbonyl (C=O) groups excluding carboxylic acids is 1. The van der Waals surface area contributed by atoms with Crippen molar-refractivity contribution in [1.82, 2.24) is 0 Å². The Morgan fingerprint density at radius 1 is 1.05 bits per heavy atom. The summed E-state index contributed by atoms with van der Waals surface area (Å²) in [6, 6.07) is 12.8. The molecule has 0 aliphatic rings. The minimum atomic E-state index is -4.23. The van der Waals surface area contributed by atoms with Gasteiger partial charge in [-0.05, 0) is 22.8 Å². The van der Waals surface area contributed by atoms with E-state index in [4.69, 9.17) is 4.74 Å². The average molecular weight is 294 g/mol. The van der Waals surface area contributed by atoms with Crippen LogP contribution in [0, 0.1) is 0 Å². The van der Waals surface area contributed by atoms with Gasteiger partial charge < -0.3 is 4.74 Å². The second-order valence-electron chi connectivity index (χ2n) is 4.53. The molecule has 0 unspecified atom stereocenters. The summed E-state index contributed by atoms with van der Waals surface area (Å²) >= 11 is 0. The van der Waals surface area contributed by atoms with Crippen molar-refractivity contribution in [1.29, 1.82) is 0 Å². The van der Waals surface area contributed by atoms with Crippen molar-refractivity contribution in [3.63, 3.8) is 0 Å². The molecule has 0 atom stereocenters. The molecule has 2 nitrogen and oxygen atoms in total. The van der Waals surface area contributed by atoms with Crippen molar-refractivity contribution in [2.75, 3.05) is 7.11 Å². The van der Waals surface area contributed by atoms with Crippen LogP contribution in [0.25, 0.3) is 11.1 Å². The van der Waals surface area contributed by atoms with E-state index in [1.165, 1.54) is 19.2 Å². The molecule has 2 aromatic rings. The molecule has 0 heterocycles. The van der Waals surface area contributed by atoms with Crippen molar-refractivity contribution >= 4 is 5.97 Å². The highest BCUT2D eigenvalue weighted by Gasteiger charge is 2.27. The number of benzene rings is 2. The quantitative estimate of drug-likeness (QED) is 0.791. The molecule has 0 aliphatic carbocycles. The average Bonchev–Trinajstić information content (AvgIpc) is 2.45. The van der Waals surface area contributed by atoms with E-state index >= 15 is 0 Å². The first kappa shape index (κ1) is 15.1. The van der Waals surface area contributed by atoms with E-state index in [-0.39, 0.29) is 5.56 Å². The Balaban J connectivity index is 2.33. The highest BCUT2D eigenvalue weighted by Crippen LogP contribution is 2.27. The van der Waals surface area contributed by atoms with Gasteiger partial charge in [-0.25, -0.2) is 4.79 Å². The van der Waals surface area contributed by atoms with E-state index in [2.05, 4.69) is 0 Å². The summed E-state index contributed by atoms with van der Waals surface area (Å²) in [5, 5.41) is 0. The van der Waals surface area contributed by atoms with Crippen molar-refractivity contribution in [2.24, 2.45) is 0 Å². The number of esters is 1. The topological polar surface area (TPSA) is 26.3 Å². The highest BCUT2D eigenvalue weighted by atomic mass is 19.4. The molecule has 0 aliphatic heterocycles. The van der Waals surface area contributed by atoms with E-state index in [0.717, 1.165) is 0 Å². The molecular formula is C16H13F3O2. The first-order chi connectivity index (χ1) is 9.90. The predicted molar refractivity (Wildman–Crippen MR) is 73.0 cm³/mol. The van der Waals surface area contributed by atoms with E-state index < -0.39 is 18.6 Å². The number of halogens is 3. The fourth-order valence-electron chi connectivity index (χ4n) is 2.06. The van der Waals surface area contributed by atoms with Crippen LogP contribution in [0.1, 0.15) is 15.9 Å². The second-order valence-corrected chi connectivity index (χ2v) is 4.53. The van der Waals surface area contributed by atoms with Crippen LogP contribution in [0.3, 0.4) is 0 Å². The molecular weight excluding hydrogens is 281 g/mol. The molecule has 0 bridgehead atoms. The predicted octanol–water partition coefficient (Wildman–Crippen LogP) is 4.25. The smallest absolute Gasteiger partial charge is 0.393 e. The van der Waals surface area contributed by atoms with Gasteiger partial charge in [-0.15, -0.1) is 0 Å². The maximum absolute atomic E-state index is 12.3. The van der Waals surface area contributed by atoms with Crippen molar-refractivity contribution in [3.05, 3.63) is 59.7 Å². The number of carbonyl (C=O) groups is 1. The van der Waals surface area contributed by atoms with Gasteiger partial charge in [0.2, 0.25) is 0 Å². The normalized spacial score (nSPS) is 11.2. The minimum Gasteiger partial charge on any atom is -0.465 e. The Hall–Kier alpha value is -2.30.